The standard InChI is InChI=1S/C17H30N4/c1-14(18-2)15-6-5-10-20(12-15)13-16-9-11-21(19-16)17-7-3-4-8-17/h9,11,14-15,17-18H,3-8,10,12-13H2,1-2H3. The smallest absolute Gasteiger partial charge is 0.0764 e. The van der Waals surface area contributed by atoms with Crippen molar-refractivity contribution in [1.29, 1.82) is 0 Å². The molecule has 0 aromatic carbocycles. The van der Waals surface area contributed by atoms with E-state index in [-0.39, 0.29) is 0 Å². The zero-order valence-corrected chi connectivity index (χ0v) is 13.6. The molecule has 0 radical (unpaired) electrons. The van der Waals surface area contributed by atoms with Gasteiger partial charge in [-0.1, -0.05) is 12.8 Å². The number of aromatic nitrogens is 2. The molecule has 1 saturated carbocycles. The average molecular weight is 290 g/mol. The van der Waals surface area contributed by atoms with E-state index in [1.807, 2.05) is 0 Å². The van der Waals surface area contributed by atoms with Crippen LogP contribution in [0.5, 0.6) is 0 Å². The molecule has 1 aliphatic heterocycles. The molecule has 2 heterocycles. The average Bonchev–Trinajstić information content (AvgIpc) is 3.17. The van der Waals surface area contributed by atoms with E-state index in [0.29, 0.717) is 12.1 Å². The molecule has 4 heteroatoms. The number of rotatable bonds is 5. The minimum atomic E-state index is 0.615. The second kappa shape index (κ2) is 6.93. The van der Waals surface area contributed by atoms with Crippen LogP contribution in [0, 0.1) is 5.92 Å². The highest BCUT2D eigenvalue weighted by Crippen LogP contribution is 2.29. The highest BCUT2D eigenvalue weighted by Gasteiger charge is 2.24. The summed E-state index contributed by atoms with van der Waals surface area (Å²) in [5.41, 5.74) is 1.25. The van der Waals surface area contributed by atoms with Gasteiger partial charge in [0.1, 0.15) is 0 Å². The van der Waals surface area contributed by atoms with Gasteiger partial charge >= 0.3 is 0 Å². The van der Waals surface area contributed by atoms with Crippen LogP contribution in [0.4, 0.5) is 0 Å². The van der Waals surface area contributed by atoms with Crippen LogP contribution in [-0.4, -0.2) is 40.9 Å². The van der Waals surface area contributed by atoms with Gasteiger partial charge in [0.25, 0.3) is 0 Å². The van der Waals surface area contributed by atoms with Crippen LogP contribution in [0.2, 0.25) is 0 Å². The second-order valence-electron chi connectivity index (χ2n) is 6.94. The number of hydrogen-bond donors (Lipinski definition) is 1. The molecule has 4 nitrogen and oxygen atoms in total. The second-order valence-corrected chi connectivity index (χ2v) is 6.94. The van der Waals surface area contributed by atoms with Gasteiger partial charge in [0.15, 0.2) is 0 Å². The molecule has 2 atom stereocenters. The summed E-state index contributed by atoms with van der Waals surface area (Å²) >= 11 is 0. The summed E-state index contributed by atoms with van der Waals surface area (Å²) in [4.78, 5) is 2.59. The third-order valence-corrected chi connectivity index (χ3v) is 5.45. The molecule has 1 aromatic heterocycles. The van der Waals surface area contributed by atoms with E-state index in [1.54, 1.807) is 0 Å². The highest BCUT2D eigenvalue weighted by molar-refractivity contribution is 5.01. The van der Waals surface area contributed by atoms with E-state index >= 15 is 0 Å². The van der Waals surface area contributed by atoms with Crippen LogP contribution in [0.3, 0.4) is 0 Å². The van der Waals surface area contributed by atoms with Gasteiger partial charge in [-0.2, -0.15) is 5.10 Å². The van der Waals surface area contributed by atoms with Crippen molar-refractivity contribution in [3.8, 4) is 0 Å². The summed E-state index contributed by atoms with van der Waals surface area (Å²) in [5, 5.41) is 8.25. The number of nitrogens with one attached hydrogen (secondary N) is 1. The van der Waals surface area contributed by atoms with Crippen molar-refractivity contribution in [3.05, 3.63) is 18.0 Å². The van der Waals surface area contributed by atoms with Gasteiger partial charge in [0.2, 0.25) is 0 Å². The van der Waals surface area contributed by atoms with Crippen molar-refractivity contribution in [3.63, 3.8) is 0 Å². The van der Waals surface area contributed by atoms with Gasteiger partial charge < -0.3 is 5.32 Å². The first-order chi connectivity index (χ1) is 10.3. The van der Waals surface area contributed by atoms with Gasteiger partial charge in [0, 0.05) is 25.3 Å². The van der Waals surface area contributed by atoms with E-state index in [2.05, 4.69) is 41.1 Å². The molecule has 21 heavy (non-hydrogen) atoms. The van der Waals surface area contributed by atoms with Crippen LogP contribution in [0.25, 0.3) is 0 Å². The maximum absolute atomic E-state index is 4.84. The van der Waals surface area contributed by atoms with E-state index in [9.17, 15) is 0 Å². The zero-order chi connectivity index (χ0) is 14.7. The lowest BCUT2D eigenvalue weighted by Gasteiger charge is -2.35. The molecule has 1 aliphatic carbocycles. The molecule has 0 spiro atoms. The highest BCUT2D eigenvalue weighted by atomic mass is 15.3. The van der Waals surface area contributed by atoms with Crippen molar-refractivity contribution in [2.24, 2.45) is 5.92 Å². The summed E-state index contributed by atoms with van der Waals surface area (Å²) in [7, 11) is 2.08. The number of likely N-dealkylation sites (tertiary alicyclic amines) is 1. The molecular weight excluding hydrogens is 260 g/mol. The van der Waals surface area contributed by atoms with Crippen molar-refractivity contribution in [2.75, 3.05) is 20.1 Å². The normalized spacial score (nSPS) is 26.3. The topological polar surface area (TPSA) is 33.1 Å². The Hall–Kier alpha value is -0.870. The SMILES string of the molecule is CNC(C)C1CCCN(Cc2ccn(C3CCCC3)n2)C1. The Bertz CT molecular complexity index is 436. The summed E-state index contributed by atoms with van der Waals surface area (Å²) < 4.78 is 2.22. The van der Waals surface area contributed by atoms with Gasteiger partial charge in [0.05, 0.1) is 11.7 Å². The van der Waals surface area contributed by atoms with Crippen molar-refractivity contribution in [2.45, 2.75) is 64.1 Å². The van der Waals surface area contributed by atoms with Gasteiger partial charge in [-0.15, -0.1) is 0 Å². The summed E-state index contributed by atoms with van der Waals surface area (Å²) in [5.74, 6) is 0.778. The van der Waals surface area contributed by atoms with Crippen molar-refractivity contribution < 1.29 is 0 Å². The fraction of sp³-hybridized carbons (Fsp3) is 0.824. The monoisotopic (exact) mass is 290 g/mol. The summed E-state index contributed by atoms with van der Waals surface area (Å²) in [6.45, 7) is 5.76. The maximum Gasteiger partial charge on any atom is 0.0764 e. The van der Waals surface area contributed by atoms with Crippen molar-refractivity contribution in [1.82, 2.24) is 20.0 Å². The first kappa shape index (κ1) is 15.0. The third kappa shape index (κ3) is 3.67. The van der Waals surface area contributed by atoms with Crippen LogP contribution in [0.1, 0.15) is 57.2 Å². The largest absolute Gasteiger partial charge is 0.317 e. The fourth-order valence-corrected chi connectivity index (χ4v) is 3.94. The van der Waals surface area contributed by atoms with Crippen LogP contribution in [-0.2, 0) is 6.54 Å². The molecule has 2 fully saturated rings. The van der Waals surface area contributed by atoms with E-state index in [0.717, 1.165) is 12.5 Å². The Morgan fingerprint density at radius 2 is 2.10 bits per heavy atom. The van der Waals surface area contributed by atoms with Crippen molar-refractivity contribution >= 4 is 0 Å². The molecule has 2 unspecified atom stereocenters. The first-order valence-electron chi connectivity index (χ1n) is 8.70. The minimum absolute atomic E-state index is 0.615. The predicted molar refractivity (Wildman–Crippen MR) is 86.3 cm³/mol. The first-order valence-corrected chi connectivity index (χ1v) is 8.70. The van der Waals surface area contributed by atoms with Crippen LogP contribution in [0.15, 0.2) is 12.3 Å². The predicted octanol–water partition coefficient (Wildman–Crippen LogP) is 2.82. The molecule has 1 N–H and O–H groups in total. The maximum atomic E-state index is 4.84. The van der Waals surface area contributed by atoms with E-state index < -0.39 is 0 Å². The quantitative estimate of drug-likeness (QED) is 0.905. The van der Waals surface area contributed by atoms with E-state index in [1.165, 1.54) is 57.3 Å². The molecule has 1 saturated heterocycles. The lowest BCUT2D eigenvalue weighted by molar-refractivity contribution is 0.145. The summed E-state index contributed by atoms with van der Waals surface area (Å²) in [6, 6.07) is 3.50. The fourth-order valence-electron chi connectivity index (χ4n) is 3.94. The minimum Gasteiger partial charge on any atom is -0.317 e. The Morgan fingerprint density at radius 1 is 1.29 bits per heavy atom. The summed E-state index contributed by atoms with van der Waals surface area (Å²) in [6.07, 6.45) is 10.2. The van der Waals surface area contributed by atoms with Gasteiger partial charge in [-0.05, 0) is 58.2 Å². The van der Waals surface area contributed by atoms with Gasteiger partial charge in [-0.25, -0.2) is 0 Å². The van der Waals surface area contributed by atoms with Crippen LogP contribution < -0.4 is 5.32 Å². The molecular formula is C17H30N4. The molecule has 2 aliphatic rings. The number of nitrogens with zero attached hydrogens (tertiary/aromatic N) is 3. The Labute approximate surface area is 128 Å². The third-order valence-electron chi connectivity index (χ3n) is 5.45. The van der Waals surface area contributed by atoms with E-state index in [4.69, 9.17) is 5.10 Å². The Balaban J connectivity index is 1.56. The lowest BCUT2D eigenvalue weighted by atomic mass is 9.91. The van der Waals surface area contributed by atoms with Crippen LogP contribution >= 0.6 is 0 Å². The molecule has 0 bridgehead atoms. The molecule has 118 valence electrons. The molecule has 0 amide bonds. The van der Waals surface area contributed by atoms with Gasteiger partial charge in [-0.3, -0.25) is 9.58 Å². The lowest BCUT2D eigenvalue weighted by Crippen LogP contribution is -2.43. The Morgan fingerprint density at radius 3 is 2.86 bits per heavy atom. The Kier molecular flexibility index (Phi) is 4.96. The number of hydrogen-bond acceptors (Lipinski definition) is 3. The number of piperidine rings is 1. The molecule has 3 rings (SSSR count). The zero-order valence-electron chi connectivity index (χ0n) is 13.6. The molecule has 1 aromatic rings.